The molecule has 0 aliphatic heterocycles. The summed E-state index contributed by atoms with van der Waals surface area (Å²) < 4.78 is 13.0. The van der Waals surface area contributed by atoms with Crippen LogP contribution in [0.25, 0.3) is 0 Å². The van der Waals surface area contributed by atoms with Crippen LogP contribution in [-0.2, 0) is 6.42 Å². The van der Waals surface area contributed by atoms with E-state index in [2.05, 4.69) is 5.32 Å². The molecule has 1 aromatic carbocycles. The Kier molecular flexibility index (Phi) is 6.89. The molecule has 5 heteroatoms. The summed E-state index contributed by atoms with van der Waals surface area (Å²) in [5.74, 6) is -0.267. The largest absolute Gasteiger partial charge is 0.395 e. The fourth-order valence-corrected chi connectivity index (χ4v) is 1.82. The molecule has 19 heavy (non-hydrogen) atoms. The molecular weight excluding hydrogens is 247 g/mol. The van der Waals surface area contributed by atoms with E-state index in [0.717, 1.165) is 12.0 Å². The molecule has 0 aliphatic rings. The van der Waals surface area contributed by atoms with Crippen LogP contribution in [0.1, 0.15) is 18.9 Å². The molecule has 0 saturated carbocycles. The Balaban J connectivity index is 2.36. The minimum atomic E-state index is -0.267. The summed E-state index contributed by atoms with van der Waals surface area (Å²) in [5, 5.41) is 11.7. The number of urea groups is 1. The highest BCUT2D eigenvalue weighted by molar-refractivity contribution is 5.74. The Morgan fingerprint density at radius 2 is 2.21 bits per heavy atom. The van der Waals surface area contributed by atoms with Crippen LogP contribution in [0, 0.1) is 5.82 Å². The van der Waals surface area contributed by atoms with Gasteiger partial charge in [-0.15, -0.1) is 0 Å². The topological polar surface area (TPSA) is 52.6 Å². The van der Waals surface area contributed by atoms with Crippen molar-refractivity contribution < 1.29 is 14.3 Å². The molecule has 1 rings (SSSR count). The maximum Gasteiger partial charge on any atom is 0.317 e. The van der Waals surface area contributed by atoms with Gasteiger partial charge in [-0.25, -0.2) is 9.18 Å². The number of aliphatic hydroxyl groups excluding tert-OH is 1. The SMILES string of the molecule is CCCN(CCO)C(=O)NCCc1cccc(F)c1. The lowest BCUT2D eigenvalue weighted by Gasteiger charge is -2.21. The summed E-state index contributed by atoms with van der Waals surface area (Å²) >= 11 is 0. The van der Waals surface area contributed by atoms with Gasteiger partial charge in [0.15, 0.2) is 0 Å². The van der Waals surface area contributed by atoms with Crippen molar-refractivity contribution in [3.8, 4) is 0 Å². The van der Waals surface area contributed by atoms with Crippen molar-refractivity contribution in [2.24, 2.45) is 0 Å². The Hall–Kier alpha value is -1.62. The second kappa shape index (κ2) is 8.48. The monoisotopic (exact) mass is 268 g/mol. The first-order chi connectivity index (χ1) is 9.17. The molecule has 0 bridgehead atoms. The number of nitrogens with zero attached hydrogens (tertiary/aromatic N) is 1. The zero-order valence-electron chi connectivity index (χ0n) is 11.2. The van der Waals surface area contributed by atoms with E-state index < -0.39 is 0 Å². The molecule has 2 amide bonds. The van der Waals surface area contributed by atoms with Crippen LogP contribution in [0.3, 0.4) is 0 Å². The van der Waals surface area contributed by atoms with Crippen molar-refractivity contribution in [3.63, 3.8) is 0 Å². The number of amides is 2. The lowest BCUT2D eigenvalue weighted by Crippen LogP contribution is -2.42. The van der Waals surface area contributed by atoms with Crippen molar-refractivity contribution >= 4 is 6.03 Å². The maximum atomic E-state index is 13.0. The molecule has 0 saturated heterocycles. The minimum Gasteiger partial charge on any atom is -0.395 e. The van der Waals surface area contributed by atoms with Crippen LogP contribution in [-0.4, -0.2) is 42.3 Å². The predicted octanol–water partition coefficient (Wildman–Crippen LogP) is 1.78. The molecule has 0 spiro atoms. The van der Waals surface area contributed by atoms with Crippen LogP contribution in [0.2, 0.25) is 0 Å². The molecule has 0 radical (unpaired) electrons. The molecule has 0 heterocycles. The van der Waals surface area contributed by atoms with Gasteiger partial charge in [0.2, 0.25) is 0 Å². The quantitative estimate of drug-likeness (QED) is 0.792. The molecule has 2 N–H and O–H groups in total. The Labute approximate surface area is 113 Å². The van der Waals surface area contributed by atoms with E-state index in [1.54, 1.807) is 11.0 Å². The Morgan fingerprint density at radius 3 is 2.84 bits per heavy atom. The molecule has 1 aromatic rings. The number of halogens is 1. The van der Waals surface area contributed by atoms with Crippen LogP contribution >= 0.6 is 0 Å². The molecule has 106 valence electrons. The van der Waals surface area contributed by atoms with Crippen molar-refractivity contribution in [2.75, 3.05) is 26.2 Å². The first-order valence-electron chi connectivity index (χ1n) is 6.55. The lowest BCUT2D eigenvalue weighted by molar-refractivity contribution is 0.177. The highest BCUT2D eigenvalue weighted by Gasteiger charge is 2.10. The third-order valence-corrected chi connectivity index (χ3v) is 2.73. The fraction of sp³-hybridized carbons (Fsp3) is 0.500. The molecule has 0 aromatic heterocycles. The number of rotatable bonds is 7. The van der Waals surface area contributed by atoms with E-state index in [4.69, 9.17) is 5.11 Å². The first-order valence-corrected chi connectivity index (χ1v) is 6.55. The number of carbonyl (C=O) groups excluding carboxylic acids is 1. The maximum absolute atomic E-state index is 13.0. The van der Waals surface area contributed by atoms with Gasteiger partial charge in [0.1, 0.15) is 5.82 Å². The summed E-state index contributed by atoms with van der Waals surface area (Å²) in [6, 6.07) is 6.15. The third kappa shape index (κ3) is 5.70. The van der Waals surface area contributed by atoms with Crippen molar-refractivity contribution in [1.82, 2.24) is 10.2 Å². The second-order valence-electron chi connectivity index (χ2n) is 4.32. The lowest BCUT2D eigenvalue weighted by atomic mass is 10.1. The number of hydrogen-bond acceptors (Lipinski definition) is 2. The smallest absolute Gasteiger partial charge is 0.317 e. The average molecular weight is 268 g/mol. The van der Waals surface area contributed by atoms with E-state index in [1.165, 1.54) is 12.1 Å². The van der Waals surface area contributed by atoms with Gasteiger partial charge in [-0.1, -0.05) is 19.1 Å². The van der Waals surface area contributed by atoms with Crippen molar-refractivity contribution in [2.45, 2.75) is 19.8 Å². The Bertz CT molecular complexity index is 393. The van der Waals surface area contributed by atoms with E-state index in [-0.39, 0.29) is 18.5 Å². The summed E-state index contributed by atoms with van der Waals surface area (Å²) in [6.45, 7) is 3.33. The van der Waals surface area contributed by atoms with Gasteiger partial charge in [-0.05, 0) is 30.5 Å². The third-order valence-electron chi connectivity index (χ3n) is 2.73. The van der Waals surface area contributed by atoms with Gasteiger partial charge < -0.3 is 15.3 Å². The second-order valence-corrected chi connectivity index (χ2v) is 4.32. The Morgan fingerprint density at radius 1 is 1.42 bits per heavy atom. The number of aliphatic hydroxyl groups is 1. The normalized spacial score (nSPS) is 10.3. The molecule has 0 aliphatic carbocycles. The van der Waals surface area contributed by atoms with Gasteiger partial charge in [0.25, 0.3) is 0 Å². The van der Waals surface area contributed by atoms with E-state index >= 15 is 0 Å². The van der Waals surface area contributed by atoms with Gasteiger partial charge in [0, 0.05) is 19.6 Å². The first kappa shape index (κ1) is 15.4. The molecule has 0 unspecified atom stereocenters. The molecule has 0 atom stereocenters. The van der Waals surface area contributed by atoms with E-state index in [0.29, 0.717) is 26.1 Å². The summed E-state index contributed by atoms with van der Waals surface area (Å²) in [6.07, 6.45) is 1.43. The zero-order chi connectivity index (χ0) is 14.1. The predicted molar refractivity (Wildman–Crippen MR) is 72.5 cm³/mol. The van der Waals surface area contributed by atoms with Crippen molar-refractivity contribution in [3.05, 3.63) is 35.6 Å². The number of nitrogens with one attached hydrogen (secondary N) is 1. The van der Waals surface area contributed by atoms with Crippen molar-refractivity contribution in [1.29, 1.82) is 0 Å². The van der Waals surface area contributed by atoms with Gasteiger partial charge in [-0.3, -0.25) is 0 Å². The molecular formula is C14H21FN2O2. The van der Waals surface area contributed by atoms with Gasteiger partial charge >= 0.3 is 6.03 Å². The highest BCUT2D eigenvalue weighted by atomic mass is 19.1. The summed E-state index contributed by atoms with van der Waals surface area (Å²) in [7, 11) is 0. The fourth-order valence-electron chi connectivity index (χ4n) is 1.82. The summed E-state index contributed by atoms with van der Waals surface area (Å²) in [5.41, 5.74) is 0.851. The van der Waals surface area contributed by atoms with Crippen LogP contribution in [0.4, 0.5) is 9.18 Å². The minimum absolute atomic E-state index is 0.0443. The number of carbonyl (C=O) groups is 1. The van der Waals surface area contributed by atoms with E-state index in [1.807, 2.05) is 13.0 Å². The van der Waals surface area contributed by atoms with Crippen LogP contribution < -0.4 is 5.32 Å². The number of benzene rings is 1. The molecule has 0 fully saturated rings. The van der Waals surface area contributed by atoms with E-state index in [9.17, 15) is 9.18 Å². The zero-order valence-corrected chi connectivity index (χ0v) is 11.2. The highest BCUT2D eigenvalue weighted by Crippen LogP contribution is 2.03. The van der Waals surface area contributed by atoms with Crippen LogP contribution in [0.5, 0.6) is 0 Å². The van der Waals surface area contributed by atoms with Gasteiger partial charge in [-0.2, -0.15) is 0 Å². The standard InChI is InChI=1S/C14H21FN2O2/c1-2-8-17(9-10-18)14(19)16-7-6-12-4-3-5-13(15)11-12/h3-5,11,18H,2,6-10H2,1H3,(H,16,19). The number of hydrogen-bond donors (Lipinski definition) is 2. The summed E-state index contributed by atoms with van der Waals surface area (Å²) in [4.78, 5) is 13.4. The van der Waals surface area contributed by atoms with Crippen LogP contribution in [0.15, 0.2) is 24.3 Å². The molecule has 4 nitrogen and oxygen atoms in total. The van der Waals surface area contributed by atoms with Gasteiger partial charge in [0.05, 0.1) is 6.61 Å². The average Bonchev–Trinajstić information content (AvgIpc) is 2.38.